The van der Waals surface area contributed by atoms with Crippen LogP contribution in [0.1, 0.15) is 165 Å². The van der Waals surface area contributed by atoms with Gasteiger partial charge in [-0.1, -0.05) is 101 Å². The maximum Gasteiger partial charge on any atom is 0.412 e. The van der Waals surface area contributed by atoms with Gasteiger partial charge in [0.1, 0.15) is 17.5 Å². The molecular formula is C57H81N3O11. The Labute approximate surface area is 421 Å². The van der Waals surface area contributed by atoms with Gasteiger partial charge in [0.05, 0.1) is 24.8 Å². The summed E-state index contributed by atoms with van der Waals surface area (Å²) in [6.07, 6.45) is 24.2. The molecule has 71 heavy (non-hydrogen) atoms. The number of nitrogens with one attached hydrogen (secondary N) is 1. The smallest absolute Gasteiger partial charge is 0.412 e. The average molecular weight is 984 g/mol. The molecule has 8 rings (SSSR count). The van der Waals surface area contributed by atoms with Crippen molar-refractivity contribution in [3.8, 4) is 23.0 Å². The third kappa shape index (κ3) is 13.3. The number of fused-ring (bicyclic) bond motifs is 3. The molecule has 1 unspecified atom stereocenters. The molecule has 14 heteroatoms. The largest absolute Gasteiger partial charge is 0.459 e. The Morgan fingerprint density at radius 3 is 2.35 bits per heavy atom. The number of oxime groups is 1. The molecule has 2 aromatic carbocycles. The third-order valence-electron chi connectivity index (χ3n) is 15.4. The predicted molar refractivity (Wildman–Crippen MR) is 271 cm³/mol. The number of hydrogen-bond donors (Lipinski definition) is 3. The van der Waals surface area contributed by atoms with E-state index in [1.165, 1.54) is 44.9 Å². The van der Waals surface area contributed by atoms with Crippen LogP contribution in [-0.2, 0) is 25.7 Å². The zero-order valence-electron chi connectivity index (χ0n) is 42.3. The van der Waals surface area contributed by atoms with Crippen molar-refractivity contribution in [3.05, 3.63) is 71.8 Å². The molecule has 0 radical (unpaired) electrons. The number of rotatable bonds is 29. The van der Waals surface area contributed by atoms with E-state index in [0.29, 0.717) is 54.7 Å². The van der Waals surface area contributed by atoms with Gasteiger partial charge in [0.15, 0.2) is 11.5 Å². The number of carbonyl (C=O) groups excluding carboxylic acids is 2. The fraction of sp³-hybridized carbons (Fsp3) is 0.667. The van der Waals surface area contributed by atoms with Crippen molar-refractivity contribution in [1.29, 1.82) is 0 Å². The molecule has 0 aromatic heterocycles. The van der Waals surface area contributed by atoms with Crippen molar-refractivity contribution in [2.45, 2.75) is 179 Å². The molecule has 0 spiro atoms. The number of aliphatic hydroxyl groups excluding tert-OH is 2. The first kappa shape index (κ1) is 52.7. The second-order valence-corrected chi connectivity index (χ2v) is 20.6. The van der Waals surface area contributed by atoms with Gasteiger partial charge in [-0.05, 0) is 111 Å². The Balaban J connectivity index is 1.17. The van der Waals surface area contributed by atoms with E-state index in [-0.39, 0.29) is 69.2 Å². The lowest BCUT2D eigenvalue weighted by Gasteiger charge is -2.60. The van der Waals surface area contributed by atoms with Crippen molar-refractivity contribution in [3.63, 3.8) is 0 Å². The fourth-order valence-corrected chi connectivity index (χ4v) is 11.7. The van der Waals surface area contributed by atoms with Crippen LogP contribution >= 0.6 is 0 Å². The van der Waals surface area contributed by atoms with Crippen LogP contribution in [0.3, 0.4) is 0 Å². The van der Waals surface area contributed by atoms with Crippen LogP contribution in [0.15, 0.2) is 65.9 Å². The van der Waals surface area contributed by atoms with Gasteiger partial charge in [0.25, 0.3) is 0 Å². The Morgan fingerprint density at radius 1 is 0.873 bits per heavy atom. The van der Waals surface area contributed by atoms with Gasteiger partial charge < -0.3 is 53.7 Å². The molecule has 7 atom stereocenters. The number of allylic oxidation sites excluding steroid dienone is 1. The molecule has 14 nitrogen and oxygen atoms in total. The zero-order chi connectivity index (χ0) is 49.4. The molecular weight excluding hydrogens is 903 g/mol. The van der Waals surface area contributed by atoms with Crippen LogP contribution in [0.4, 0.5) is 4.79 Å². The average Bonchev–Trinajstić information content (AvgIpc) is 4.14. The molecule has 3 N–H and O–H groups in total. The highest BCUT2D eigenvalue weighted by molar-refractivity contribution is 6.03. The summed E-state index contributed by atoms with van der Waals surface area (Å²) in [5.41, 5.74) is 3.41. The van der Waals surface area contributed by atoms with Crippen LogP contribution in [0.25, 0.3) is 0 Å². The van der Waals surface area contributed by atoms with Crippen molar-refractivity contribution >= 4 is 17.7 Å². The first-order chi connectivity index (χ1) is 34.9. The van der Waals surface area contributed by atoms with Gasteiger partial charge in [-0.25, -0.2) is 4.79 Å². The lowest BCUT2D eigenvalue weighted by Crippen LogP contribution is -2.70. The maximum atomic E-state index is 15.1. The van der Waals surface area contributed by atoms with E-state index < -0.39 is 30.1 Å². The summed E-state index contributed by atoms with van der Waals surface area (Å²) in [5.74, 6) is 0.00749. The number of hydrogen-bond acceptors (Lipinski definition) is 12. The lowest BCUT2D eigenvalue weighted by molar-refractivity contribution is -0.258. The minimum Gasteiger partial charge on any atom is -0.459 e. The molecule has 2 amide bonds. The number of nitrogens with zero attached hydrogens (tertiary/aromatic N) is 2. The van der Waals surface area contributed by atoms with Gasteiger partial charge in [-0.2, -0.15) is 0 Å². The second kappa shape index (κ2) is 26.4. The molecule has 2 saturated carbocycles. The zero-order valence-corrected chi connectivity index (χ0v) is 42.3. The van der Waals surface area contributed by atoms with E-state index in [0.717, 1.165) is 93.7 Å². The molecule has 3 heterocycles. The molecule has 3 aliphatic heterocycles. The number of amides is 2. The normalized spacial score (nSPS) is 25.6. The standard InChI is InChI=1S/C57H81N3O11/c1-3-5-6-7-8-9-10-11-12-16-29-58-56(64)69-43-26-28-48-46(36-43)53-44(21-14-18-31-62)42(20-13-17-30-61)35-45-47(59-71-52-22-15-19-33-65-52)37-51(57(70-48,54(45)53)68-32-4-2)60(55(63)41-24-25-41)38-40-23-27-49-50(34-40)67-39-66-49/h4,23,26-28,34-36,41-42,44,51-54,61-62H,2-3,5-22,24-25,29-33,37-39H2,1H3,(H,58,64)/t42-,44+,51-,52?,53+,54+,57+/m0/s1. The second-order valence-electron chi connectivity index (χ2n) is 20.6. The Bertz CT molecular complexity index is 2120. The summed E-state index contributed by atoms with van der Waals surface area (Å²) in [6, 6.07) is 10.7. The van der Waals surface area contributed by atoms with Gasteiger partial charge in [-0.3, -0.25) is 4.79 Å². The first-order valence-corrected chi connectivity index (χ1v) is 27.4. The van der Waals surface area contributed by atoms with Crippen LogP contribution in [0, 0.1) is 23.7 Å². The molecule has 2 aromatic rings. The molecule has 6 aliphatic rings. The van der Waals surface area contributed by atoms with E-state index >= 15 is 4.79 Å². The quantitative estimate of drug-likeness (QED) is 0.0403. The Kier molecular flexibility index (Phi) is 19.6. The van der Waals surface area contributed by atoms with E-state index in [1.54, 1.807) is 12.1 Å². The van der Waals surface area contributed by atoms with Gasteiger partial charge in [0, 0.05) is 56.5 Å². The van der Waals surface area contributed by atoms with Crippen LogP contribution in [-0.4, -0.2) is 90.7 Å². The van der Waals surface area contributed by atoms with Gasteiger partial charge in [-0.15, -0.1) is 6.58 Å². The highest BCUT2D eigenvalue weighted by Crippen LogP contribution is 2.62. The molecule has 390 valence electrons. The first-order valence-electron chi connectivity index (χ1n) is 27.4. The summed E-state index contributed by atoms with van der Waals surface area (Å²) in [5, 5.41) is 28.1. The minimum atomic E-state index is -1.43. The summed E-state index contributed by atoms with van der Waals surface area (Å²) in [6.45, 7) is 8.18. The van der Waals surface area contributed by atoms with Gasteiger partial charge >= 0.3 is 6.09 Å². The van der Waals surface area contributed by atoms with E-state index in [9.17, 15) is 15.0 Å². The SMILES string of the molecule is C=CCO[C@@]12Oc3ccc(OC(=O)NCCCCCCCCCCCC)cc3[C@H]3[C@H](CCCCO)[C@@H](CCCCO)C=C(C(=NOC4CCCCO4)C[C@@H]1N(Cc1ccc4c(c1)OCO4)C(=O)C1CC1)[C@H]32. The summed E-state index contributed by atoms with van der Waals surface area (Å²) < 4.78 is 38.3. The monoisotopic (exact) mass is 984 g/mol. The van der Waals surface area contributed by atoms with Crippen LogP contribution in [0.2, 0.25) is 0 Å². The maximum absolute atomic E-state index is 15.1. The van der Waals surface area contributed by atoms with Crippen LogP contribution in [0.5, 0.6) is 23.0 Å². The van der Waals surface area contributed by atoms with E-state index in [4.69, 9.17) is 38.4 Å². The van der Waals surface area contributed by atoms with Crippen molar-refractivity contribution < 1.29 is 53.1 Å². The number of carbonyl (C=O) groups is 2. The fourth-order valence-electron chi connectivity index (χ4n) is 11.7. The number of unbranched alkanes of at least 4 members (excludes halogenated alkanes) is 11. The Hall–Kier alpha value is -4.63. The van der Waals surface area contributed by atoms with Crippen molar-refractivity contribution in [1.82, 2.24) is 10.2 Å². The Morgan fingerprint density at radius 2 is 1.62 bits per heavy atom. The summed E-state index contributed by atoms with van der Waals surface area (Å²) in [7, 11) is 0. The minimum absolute atomic E-state index is 0.00723. The molecule has 0 bridgehead atoms. The van der Waals surface area contributed by atoms with Crippen molar-refractivity contribution in [2.24, 2.45) is 28.8 Å². The number of benzene rings is 2. The summed E-state index contributed by atoms with van der Waals surface area (Å²) in [4.78, 5) is 36.8. The number of ether oxygens (including phenoxy) is 6. The van der Waals surface area contributed by atoms with E-state index in [2.05, 4.69) is 24.9 Å². The molecule has 1 saturated heterocycles. The van der Waals surface area contributed by atoms with E-state index in [1.807, 2.05) is 35.2 Å². The topological polar surface area (TPSA) is 167 Å². The molecule has 3 aliphatic carbocycles. The highest BCUT2D eigenvalue weighted by Gasteiger charge is 2.66. The predicted octanol–water partition coefficient (Wildman–Crippen LogP) is 11.0. The molecule has 3 fully saturated rings. The van der Waals surface area contributed by atoms with Gasteiger partial charge in [0.2, 0.25) is 24.8 Å². The third-order valence-corrected chi connectivity index (χ3v) is 15.4. The lowest BCUT2D eigenvalue weighted by atomic mass is 9.55. The highest BCUT2D eigenvalue weighted by atomic mass is 16.8. The van der Waals surface area contributed by atoms with Crippen molar-refractivity contribution in [2.75, 3.05) is 39.8 Å². The number of aliphatic hydroxyl groups is 2. The van der Waals surface area contributed by atoms with Crippen LogP contribution < -0.4 is 24.3 Å². The summed E-state index contributed by atoms with van der Waals surface area (Å²) >= 11 is 0.